The first kappa shape index (κ1) is 25.9. The molecule has 0 saturated heterocycles. The number of esters is 1. The molecular formula is C22H32N2O7. The molecular weight excluding hydrogens is 404 g/mol. The van der Waals surface area contributed by atoms with Gasteiger partial charge in [0.15, 0.2) is 0 Å². The molecule has 0 heterocycles. The lowest BCUT2D eigenvalue weighted by molar-refractivity contribution is -0.147. The molecule has 9 heteroatoms. The van der Waals surface area contributed by atoms with E-state index in [9.17, 15) is 24.3 Å². The maximum atomic E-state index is 12.8. The number of alkyl carbamates (subject to hydrolysis) is 1. The standard InChI is InChI=1S/C22H32N2O7/c1-5-30-18(25)12-15(4)19(21(27)28)24-20(26)17(11-14(2)3)23-22(29)31-13-16-9-7-6-8-10-16/h6-10,14-15,17,19H,5,11-13H2,1-4H3,(H,23,29)(H,24,26)(H,27,28)/t15-,17-,19+/m0/s1. The number of nitrogens with one attached hydrogen (secondary N) is 2. The topological polar surface area (TPSA) is 131 Å². The molecule has 0 aliphatic carbocycles. The quantitative estimate of drug-likeness (QED) is 0.429. The summed E-state index contributed by atoms with van der Waals surface area (Å²) in [6.07, 6.45) is -0.659. The summed E-state index contributed by atoms with van der Waals surface area (Å²) in [5.74, 6) is -3.14. The van der Waals surface area contributed by atoms with E-state index in [0.717, 1.165) is 5.56 Å². The molecule has 1 aromatic rings. The molecule has 172 valence electrons. The van der Waals surface area contributed by atoms with Gasteiger partial charge in [-0.15, -0.1) is 0 Å². The first-order chi connectivity index (χ1) is 14.6. The monoisotopic (exact) mass is 436 g/mol. The largest absolute Gasteiger partial charge is 0.480 e. The third kappa shape index (κ3) is 9.97. The first-order valence-corrected chi connectivity index (χ1v) is 10.3. The molecule has 0 aliphatic heterocycles. The Hall–Kier alpha value is -3.10. The lowest BCUT2D eigenvalue weighted by Gasteiger charge is -2.25. The van der Waals surface area contributed by atoms with Gasteiger partial charge in [-0.05, 0) is 30.7 Å². The molecule has 9 nitrogen and oxygen atoms in total. The van der Waals surface area contributed by atoms with Gasteiger partial charge in [0.25, 0.3) is 0 Å². The van der Waals surface area contributed by atoms with Crippen molar-refractivity contribution in [3.63, 3.8) is 0 Å². The van der Waals surface area contributed by atoms with E-state index >= 15 is 0 Å². The Morgan fingerprint density at radius 2 is 1.65 bits per heavy atom. The van der Waals surface area contributed by atoms with Crippen LogP contribution in [0.2, 0.25) is 0 Å². The van der Waals surface area contributed by atoms with Gasteiger partial charge in [0.05, 0.1) is 13.0 Å². The van der Waals surface area contributed by atoms with Crippen LogP contribution in [-0.4, -0.2) is 47.7 Å². The fraction of sp³-hybridized carbons (Fsp3) is 0.545. The second-order valence-corrected chi connectivity index (χ2v) is 7.70. The van der Waals surface area contributed by atoms with Crippen LogP contribution in [0.4, 0.5) is 4.79 Å². The maximum absolute atomic E-state index is 12.8. The Morgan fingerprint density at radius 3 is 2.19 bits per heavy atom. The molecule has 1 rings (SSSR count). The Bertz CT molecular complexity index is 737. The zero-order valence-electron chi connectivity index (χ0n) is 18.4. The zero-order chi connectivity index (χ0) is 23.4. The third-order valence-electron chi connectivity index (χ3n) is 4.46. The maximum Gasteiger partial charge on any atom is 0.408 e. The normalized spacial score (nSPS) is 13.6. The molecule has 0 saturated carbocycles. The van der Waals surface area contributed by atoms with E-state index in [2.05, 4.69) is 10.6 Å². The number of hydrogen-bond acceptors (Lipinski definition) is 6. The molecule has 3 N–H and O–H groups in total. The predicted octanol–water partition coefficient (Wildman–Crippen LogP) is 2.49. The van der Waals surface area contributed by atoms with Crippen molar-refractivity contribution in [3.8, 4) is 0 Å². The van der Waals surface area contributed by atoms with Gasteiger partial charge in [-0.3, -0.25) is 9.59 Å². The second kappa shape index (κ2) is 13.3. The number of amides is 2. The van der Waals surface area contributed by atoms with Gasteiger partial charge in [0.1, 0.15) is 18.7 Å². The highest BCUT2D eigenvalue weighted by Gasteiger charge is 2.32. The summed E-state index contributed by atoms with van der Waals surface area (Å²) in [5, 5.41) is 14.4. The van der Waals surface area contributed by atoms with Crippen LogP contribution in [0.25, 0.3) is 0 Å². The Morgan fingerprint density at radius 1 is 1.00 bits per heavy atom. The number of benzene rings is 1. The number of carbonyl (C=O) groups excluding carboxylic acids is 3. The smallest absolute Gasteiger partial charge is 0.408 e. The van der Waals surface area contributed by atoms with E-state index in [1.165, 1.54) is 6.92 Å². The fourth-order valence-electron chi connectivity index (χ4n) is 2.91. The van der Waals surface area contributed by atoms with Gasteiger partial charge in [0.2, 0.25) is 5.91 Å². The lowest BCUT2D eigenvalue weighted by Crippen LogP contribution is -2.54. The second-order valence-electron chi connectivity index (χ2n) is 7.70. The molecule has 0 spiro atoms. The van der Waals surface area contributed by atoms with Crippen molar-refractivity contribution < 1.29 is 33.8 Å². The van der Waals surface area contributed by atoms with Crippen LogP contribution < -0.4 is 10.6 Å². The van der Waals surface area contributed by atoms with Crippen LogP contribution in [0.1, 0.15) is 46.1 Å². The number of carbonyl (C=O) groups is 4. The average molecular weight is 437 g/mol. The summed E-state index contributed by atoms with van der Waals surface area (Å²) in [6.45, 7) is 7.15. The fourth-order valence-corrected chi connectivity index (χ4v) is 2.91. The molecule has 0 bridgehead atoms. The number of rotatable bonds is 12. The van der Waals surface area contributed by atoms with Gasteiger partial charge < -0.3 is 25.2 Å². The van der Waals surface area contributed by atoms with Crippen LogP contribution in [0.15, 0.2) is 30.3 Å². The van der Waals surface area contributed by atoms with E-state index in [0.29, 0.717) is 0 Å². The highest BCUT2D eigenvalue weighted by atomic mass is 16.5. The number of carboxylic acids is 1. The van der Waals surface area contributed by atoms with Crippen molar-refractivity contribution in [2.24, 2.45) is 11.8 Å². The van der Waals surface area contributed by atoms with E-state index < -0.39 is 41.9 Å². The summed E-state index contributed by atoms with van der Waals surface area (Å²) in [7, 11) is 0. The van der Waals surface area contributed by atoms with Crippen molar-refractivity contribution in [2.45, 2.75) is 59.2 Å². The summed E-state index contributed by atoms with van der Waals surface area (Å²) in [5.41, 5.74) is 0.793. The van der Waals surface area contributed by atoms with E-state index in [1.54, 1.807) is 19.1 Å². The van der Waals surface area contributed by atoms with Crippen LogP contribution in [0, 0.1) is 11.8 Å². The van der Waals surface area contributed by atoms with E-state index in [1.807, 2.05) is 32.0 Å². The molecule has 0 fully saturated rings. The number of ether oxygens (including phenoxy) is 2. The Labute approximate surface area is 182 Å². The Kier molecular flexibility index (Phi) is 11.1. The molecule has 31 heavy (non-hydrogen) atoms. The molecule has 0 aliphatic rings. The number of hydrogen-bond donors (Lipinski definition) is 3. The minimum absolute atomic E-state index is 0.0387. The molecule has 2 amide bonds. The number of aliphatic carboxylic acids is 1. The zero-order valence-corrected chi connectivity index (χ0v) is 18.4. The van der Waals surface area contributed by atoms with Crippen molar-refractivity contribution in [3.05, 3.63) is 35.9 Å². The minimum Gasteiger partial charge on any atom is -0.480 e. The van der Waals surface area contributed by atoms with E-state index in [-0.39, 0.29) is 32.0 Å². The molecule has 0 aromatic heterocycles. The molecule has 0 unspecified atom stereocenters. The van der Waals surface area contributed by atoms with Crippen LogP contribution in [-0.2, 0) is 30.5 Å². The number of carboxylic acid groups (broad SMARTS) is 1. The average Bonchev–Trinajstić information content (AvgIpc) is 2.70. The van der Waals surface area contributed by atoms with Crippen molar-refractivity contribution in [1.82, 2.24) is 10.6 Å². The van der Waals surface area contributed by atoms with Gasteiger partial charge in [-0.2, -0.15) is 0 Å². The Balaban J connectivity index is 2.76. The van der Waals surface area contributed by atoms with Crippen LogP contribution in [0.3, 0.4) is 0 Å². The minimum atomic E-state index is -1.31. The van der Waals surface area contributed by atoms with Crippen LogP contribution in [0.5, 0.6) is 0 Å². The van der Waals surface area contributed by atoms with Crippen LogP contribution >= 0.6 is 0 Å². The summed E-state index contributed by atoms with van der Waals surface area (Å²) >= 11 is 0. The highest BCUT2D eigenvalue weighted by Crippen LogP contribution is 2.12. The molecule has 0 radical (unpaired) electrons. The SMILES string of the molecule is CCOC(=O)C[C@H](C)[C@@H](NC(=O)[C@H](CC(C)C)NC(=O)OCc1ccccc1)C(=O)O. The van der Waals surface area contributed by atoms with E-state index in [4.69, 9.17) is 9.47 Å². The molecule has 1 aromatic carbocycles. The molecule has 3 atom stereocenters. The third-order valence-corrected chi connectivity index (χ3v) is 4.46. The van der Waals surface area contributed by atoms with Gasteiger partial charge in [-0.1, -0.05) is 51.1 Å². The predicted molar refractivity (Wildman–Crippen MR) is 113 cm³/mol. The van der Waals surface area contributed by atoms with Gasteiger partial charge in [-0.25, -0.2) is 9.59 Å². The first-order valence-electron chi connectivity index (χ1n) is 10.3. The van der Waals surface area contributed by atoms with Gasteiger partial charge in [0, 0.05) is 0 Å². The highest BCUT2D eigenvalue weighted by molar-refractivity contribution is 5.89. The summed E-state index contributed by atoms with van der Waals surface area (Å²) in [4.78, 5) is 48.3. The van der Waals surface area contributed by atoms with Gasteiger partial charge >= 0.3 is 18.0 Å². The lowest BCUT2D eigenvalue weighted by atomic mass is 9.97. The van der Waals surface area contributed by atoms with Crippen molar-refractivity contribution in [1.29, 1.82) is 0 Å². The van der Waals surface area contributed by atoms with Crippen molar-refractivity contribution in [2.75, 3.05) is 6.61 Å². The van der Waals surface area contributed by atoms with Crippen molar-refractivity contribution >= 4 is 23.9 Å². The summed E-state index contributed by atoms with van der Waals surface area (Å²) in [6, 6.07) is 6.77. The summed E-state index contributed by atoms with van der Waals surface area (Å²) < 4.78 is 10.0.